The van der Waals surface area contributed by atoms with Gasteiger partial charge in [-0.3, -0.25) is 4.90 Å². The van der Waals surface area contributed by atoms with Crippen molar-refractivity contribution in [1.29, 1.82) is 0 Å². The lowest BCUT2D eigenvalue weighted by Crippen LogP contribution is -2.40. The molecule has 106 valence electrons. The molecule has 2 atom stereocenters. The number of ether oxygens (including phenoxy) is 1. The molecule has 0 bridgehead atoms. The molecule has 2 N–H and O–H groups in total. The molecule has 0 radical (unpaired) electrons. The van der Waals surface area contributed by atoms with E-state index < -0.39 is 0 Å². The summed E-state index contributed by atoms with van der Waals surface area (Å²) in [7, 11) is 0. The minimum Gasteiger partial charge on any atom is -0.492 e. The Morgan fingerprint density at radius 3 is 2.58 bits per heavy atom. The van der Waals surface area contributed by atoms with Gasteiger partial charge in [-0.25, -0.2) is 0 Å². The average molecular weight is 262 g/mol. The Labute approximate surface area is 116 Å². The molecule has 0 aliphatic carbocycles. The van der Waals surface area contributed by atoms with Crippen molar-refractivity contribution in [3.05, 3.63) is 29.8 Å². The second kappa shape index (κ2) is 6.92. The van der Waals surface area contributed by atoms with Crippen LogP contribution in [0.4, 0.5) is 0 Å². The molecule has 1 aliphatic rings. The predicted molar refractivity (Wildman–Crippen MR) is 79.2 cm³/mol. The van der Waals surface area contributed by atoms with Gasteiger partial charge in [0.2, 0.25) is 0 Å². The molecule has 3 nitrogen and oxygen atoms in total. The molecule has 1 heterocycles. The number of nitrogens with two attached hydrogens (primary N) is 1. The third-order valence-electron chi connectivity index (χ3n) is 4.25. The molecule has 3 heteroatoms. The van der Waals surface area contributed by atoms with Crippen LogP contribution in [0.15, 0.2) is 24.3 Å². The summed E-state index contributed by atoms with van der Waals surface area (Å²) in [5.74, 6) is 2.61. The number of piperidine rings is 1. The van der Waals surface area contributed by atoms with Crippen molar-refractivity contribution in [2.75, 3.05) is 26.2 Å². The molecular weight excluding hydrogens is 236 g/mol. The second-order valence-corrected chi connectivity index (χ2v) is 5.74. The van der Waals surface area contributed by atoms with Crippen LogP contribution in [0.1, 0.15) is 25.8 Å². The van der Waals surface area contributed by atoms with Crippen molar-refractivity contribution in [3.8, 4) is 5.75 Å². The van der Waals surface area contributed by atoms with E-state index in [4.69, 9.17) is 10.5 Å². The van der Waals surface area contributed by atoms with E-state index in [9.17, 15) is 0 Å². The van der Waals surface area contributed by atoms with Crippen LogP contribution < -0.4 is 10.5 Å². The van der Waals surface area contributed by atoms with Crippen molar-refractivity contribution in [3.63, 3.8) is 0 Å². The summed E-state index contributed by atoms with van der Waals surface area (Å²) in [6.45, 7) is 9.50. The van der Waals surface area contributed by atoms with Crippen LogP contribution >= 0.6 is 0 Å². The number of nitrogens with zero attached hydrogens (tertiary/aromatic N) is 1. The van der Waals surface area contributed by atoms with Crippen LogP contribution in [0.25, 0.3) is 0 Å². The average Bonchev–Trinajstić information content (AvgIpc) is 2.43. The number of hydrogen-bond donors (Lipinski definition) is 1. The summed E-state index contributed by atoms with van der Waals surface area (Å²) in [5, 5.41) is 0. The van der Waals surface area contributed by atoms with E-state index in [0.717, 1.165) is 36.3 Å². The van der Waals surface area contributed by atoms with Crippen molar-refractivity contribution < 1.29 is 4.74 Å². The highest BCUT2D eigenvalue weighted by Crippen LogP contribution is 2.22. The Bertz CT molecular complexity index is 377. The van der Waals surface area contributed by atoms with Gasteiger partial charge in [-0.2, -0.15) is 0 Å². The molecule has 1 aromatic carbocycles. The van der Waals surface area contributed by atoms with Crippen LogP contribution in [-0.4, -0.2) is 31.1 Å². The number of rotatable bonds is 5. The molecule has 1 aliphatic heterocycles. The van der Waals surface area contributed by atoms with E-state index >= 15 is 0 Å². The van der Waals surface area contributed by atoms with Gasteiger partial charge in [-0.15, -0.1) is 0 Å². The summed E-state index contributed by atoms with van der Waals surface area (Å²) in [6, 6.07) is 8.06. The van der Waals surface area contributed by atoms with Gasteiger partial charge < -0.3 is 10.5 Å². The van der Waals surface area contributed by atoms with E-state index in [-0.39, 0.29) is 0 Å². The second-order valence-electron chi connectivity index (χ2n) is 5.74. The largest absolute Gasteiger partial charge is 0.492 e. The predicted octanol–water partition coefficient (Wildman–Crippen LogP) is 2.50. The lowest BCUT2D eigenvalue weighted by atomic mass is 9.89. The lowest BCUT2D eigenvalue weighted by Gasteiger charge is -2.35. The summed E-state index contributed by atoms with van der Waals surface area (Å²) >= 11 is 0. The highest BCUT2D eigenvalue weighted by molar-refractivity contribution is 5.27. The Morgan fingerprint density at radius 1 is 1.21 bits per heavy atom. The molecule has 1 fully saturated rings. The SMILES string of the molecule is CC1CCN(CCOc2ccc(CN)cc2)CC1C. The third kappa shape index (κ3) is 4.22. The Balaban J connectivity index is 1.71. The van der Waals surface area contributed by atoms with E-state index in [1.807, 2.05) is 24.3 Å². The first-order valence-corrected chi connectivity index (χ1v) is 7.33. The minimum absolute atomic E-state index is 0.587. The lowest BCUT2D eigenvalue weighted by molar-refractivity contribution is 0.119. The van der Waals surface area contributed by atoms with Crippen molar-refractivity contribution in [2.45, 2.75) is 26.8 Å². The standard InChI is InChI=1S/C16H26N2O/c1-13-7-8-18(12-14(13)2)9-10-19-16-5-3-15(11-17)4-6-16/h3-6,13-14H,7-12,17H2,1-2H3. The fourth-order valence-corrected chi connectivity index (χ4v) is 2.57. The summed E-state index contributed by atoms with van der Waals surface area (Å²) in [4.78, 5) is 2.51. The first-order valence-electron chi connectivity index (χ1n) is 7.33. The normalized spacial score (nSPS) is 24.4. The molecule has 1 saturated heterocycles. The summed E-state index contributed by atoms with van der Waals surface area (Å²) < 4.78 is 5.79. The van der Waals surface area contributed by atoms with Crippen LogP contribution in [0.5, 0.6) is 5.75 Å². The number of likely N-dealkylation sites (tertiary alicyclic amines) is 1. The monoisotopic (exact) mass is 262 g/mol. The third-order valence-corrected chi connectivity index (χ3v) is 4.25. The van der Waals surface area contributed by atoms with Crippen LogP contribution in [-0.2, 0) is 6.54 Å². The van der Waals surface area contributed by atoms with Gasteiger partial charge >= 0.3 is 0 Å². The molecule has 0 aromatic heterocycles. The van der Waals surface area contributed by atoms with E-state index in [1.54, 1.807) is 0 Å². The summed E-state index contributed by atoms with van der Waals surface area (Å²) in [5.41, 5.74) is 6.72. The Morgan fingerprint density at radius 2 is 1.95 bits per heavy atom. The van der Waals surface area contributed by atoms with E-state index in [1.165, 1.54) is 19.5 Å². The van der Waals surface area contributed by atoms with Gasteiger partial charge in [0.15, 0.2) is 0 Å². The Kier molecular flexibility index (Phi) is 5.23. The first kappa shape index (κ1) is 14.4. The van der Waals surface area contributed by atoms with Crippen LogP contribution in [0.2, 0.25) is 0 Å². The fraction of sp³-hybridized carbons (Fsp3) is 0.625. The maximum Gasteiger partial charge on any atom is 0.119 e. The maximum absolute atomic E-state index is 5.79. The molecule has 0 saturated carbocycles. The van der Waals surface area contributed by atoms with Crippen LogP contribution in [0.3, 0.4) is 0 Å². The van der Waals surface area contributed by atoms with Crippen LogP contribution in [0, 0.1) is 11.8 Å². The minimum atomic E-state index is 0.587. The molecular formula is C16H26N2O. The molecule has 2 unspecified atom stereocenters. The number of hydrogen-bond acceptors (Lipinski definition) is 3. The van der Waals surface area contributed by atoms with E-state index in [2.05, 4.69) is 18.7 Å². The van der Waals surface area contributed by atoms with Gasteiger partial charge in [0, 0.05) is 19.6 Å². The molecule has 19 heavy (non-hydrogen) atoms. The van der Waals surface area contributed by atoms with Crippen molar-refractivity contribution >= 4 is 0 Å². The Hall–Kier alpha value is -1.06. The molecule has 1 aromatic rings. The zero-order valence-corrected chi connectivity index (χ0v) is 12.1. The van der Waals surface area contributed by atoms with Gasteiger partial charge in [0.25, 0.3) is 0 Å². The molecule has 0 amide bonds. The molecule has 2 rings (SSSR count). The zero-order valence-electron chi connectivity index (χ0n) is 12.1. The van der Waals surface area contributed by atoms with E-state index in [0.29, 0.717) is 6.54 Å². The van der Waals surface area contributed by atoms with Gasteiger partial charge in [0.1, 0.15) is 12.4 Å². The topological polar surface area (TPSA) is 38.5 Å². The van der Waals surface area contributed by atoms with Crippen molar-refractivity contribution in [1.82, 2.24) is 4.90 Å². The van der Waals surface area contributed by atoms with Gasteiger partial charge in [0.05, 0.1) is 0 Å². The quantitative estimate of drug-likeness (QED) is 0.886. The highest BCUT2D eigenvalue weighted by atomic mass is 16.5. The number of benzene rings is 1. The zero-order chi connectivity index (χ0) is 13.7. The molecule has 0 spiro atoms. The summed E-state index contributed by atoms with van der Waals surface area (Å²) in [6.07, 6.45) is 1.31. The smallest absolute Gasteiger partial charge is 0.119 e. The first-order chi connectivity index (χ1) is 9.19. The van der Waals surface area contributed by atoms with Gasteiger partial charge in [-0.1, -0.05) is 26.0 Å². The highest BCUT2D eigenvalue weighted by Gasteiger charge is 2.22. The van der Waals surface area contributed by atoms with Crippen molar-refractivity contribution in [2.24, 2.45) is 17.6 Å². The maximum atomic E-state index is 5.79. The fourth-order valence-electron chi connectivity index (χ4n) is 2.57. The van der Waals surface area contributed by atoms with Gasteiger partial charge in [-0.05, 0) is 42.5 Å².